The van der Waals surface area contributed by atoms with Crippen LogP contribution in [0.1, 0.15) is 16.7 Å². The van der Waals surface area contributed by atoms with E-state index in [2.05, 4.69) is 73.7 Å². The molecular weight excluding hydrogens is 250 g/mol. The maximum Gasteiger partial charge on any atom is 0.0234 e. The molecule has 0 radical (unpaired) electrons. The van der Waals surface area contributed by atoms with Gasteiger partial charge in [0.2, 0.25) is 0 Å². The van der Waals surface area contributed by atoms with E-state index in [0.29, 0.717) is 0 Å². The van der Waals surface area contributed by atoms with E-state index < -0.39 is 0 Å². The molecule has 0 spiro atoms. The van der Waals surface area contributed by atoms with E-state index in [9.17, 15) is 0 Å². The van der Waals surface area contributed by atoms with Crippen LogP contribution in [-0.4, -0.2) is 18.2 Å². The Balaban J connectivity index is 1.95. The lowest BCUT2D eigenvalue weighted by molar-refractivity contribution is 0.319. The smallest absolute Gasteiger partial charge is 0.0234 e. The van der Waals surface area contributed by atoms with Crippen molar-refractivity contribution >= 4 is 11.8 Å². The van der Waals surface area contributed by atoms with E-state index >= 15 is 0 Å². The number of rotatable bonds is 5. The molecule has 1 nitrogen and oxygen atoms in total. The molecule has 0 atom stereocenters. The minimum atomic E-state index is 0.989. The third kappa shape index (κ3) is 4.41. The van der Waals surface area contributed by atoms with Gasteiger partial charge in [-0.05, 0) is 43.5 Å². The number of thioether (sulfide) groups is 1. The van der Waals surface area contributed by atoms with E-state index in [0.717, 1.165) is 13.1 Å². The van der Waals surface area contributed by atoms with Crippen molar-refractivity contribution in [3.05, 3.63) is 65.2 Å². The first-order chi connectivity index (χ1) is 9.17. The van der Waals surface area contributed by atoms with E-state index in [1.807, 2.05) is 0 Å². The topological polar surface area (TPSA) is 3.24 Å². The summed E-state index contributed by atoms with van der Waals surface area (Å²) in [6.07, 6.45) is 2.11. The number of aryl methyl sites for hydroxylation is 1. The monoisotopic (exact) mass is 271 g/mol. The minimum Gasteiger partial charge on any atom is -0.298 e. The summed E-state index contributed by atoms with van der Waals surface area (Å²) in [6.45, 7) is 4.12. The minimum absolute atomic E-state index is 0.989. The largest absolute Gasteiger partial charge is 0.298 e. The molecule has 0 aliphatic heterocycles. The Bertz CT molecular complexity index is 519. The summed E-state index contributed by atoms with van der Waals surface area (Å²) in [5, 5.41) is 0. The van der Waals surface area contributed by atoms with Crippen LogP contribution in [0.2, 0.25) is 0 Å². The van der Waals surface area contributed by atoms with Crippen molar-refractivity contribution in [2.45, 2.75) is 24.9 Å². The van der Waals surface area contributed by atoms with Crippen molar-refractivity contribution in [1.82, 2.24) is 4.90 Å². The predicted octanol–water partition coefficient (Wildman–Crippen LogP) is 4.35. The fourth-order valence-electron chi connectivity index (χ4n) is 2.22. The van der Waals surface area contributed by atoms with Crippen LogP contribution in [-0.2, 0) is 13.1 Å². The molecule has 0 amide bonds. The van der Waals surface area contributed by atoms with Gasteiger partial charge in [0, 0.05) is 18.0 Å². The molecule has 2 rings (SSSR count). The van der Waals surface area contributed by atoms with Crippen LogP contribution < -0.4 is 0 Å². The molecule has 19 heavy (non-hydrogen) atoms. The van der Waals surface area contributed by atoms with Crippen molar-refractivity contribution in [2.75, 3.05) is 13.3 Å². The molecule has 2 aromatic carbocycles. The lowest BCUT2D eigenvalue weighted by atomic mass is 10.1. The van der Waals surface area contributed by atoms with Gasteiger partial charge in [-0.1, -0.05) is 42.0 Å². The fraction of sp³-hybridized carbons (Fsp3) is 0.294. The van der Waals surface area contributed by atoms with Crippen molar-refractivity contribution in [1.29, 1.82) is 0 Å². The molecular formula is C17H21NS. The van der Waals surface area contributed by atoms with Gasteiger partial charge in [-0.2, -0.15) is 0 Å². The second-order valence-electron chi connectivity index (χ2n) is 5.01. The molecule has 0 heterocycles. The summed E-state index contributed by atoms with van der Waals surface area (Å²) in [5.41, 5.74) is 4.08. The Morgan fingerprint density at radius 2 is 1.63 bits per heavy atom. The number of hydrogen-bond donors (Lipinski definition) is 0. The zero-order chi connectivity index (χ0) is 13.7. The lowest BCUT2D eigenvalue weighted by Crippen LogP contribution is -2.17. The average Bonchev–Trinajstić information content (AvgIpc) is 2.39. The van der Waals surface area contributed by atoms with Gasteiger partial charge in [-0.3, -0.25) is 4.90 Å². The standard InChI is InChI=1S/C17H21NS/c1-14-5-4-6-16(11-14)13-18(2)12-15-7-9-17(19-3)10-8-15/h4-11H,12-13H2,1-3H3. The maximum absolute atomic E-state index is 2.35. The summed E-state index contributed by atoms with van der Waals surface area (Å²) in [4.78, 5) is 3.67. The highest BCUT2D eigenvalue weighted by Gasteiger charge is 2.02. The highest BCUT2D eigenvalue weighted by molar-refractivity contribution is 7.98. The van der Waals surface area contributed by atoms with Crippen molar-refractivity contribution in [2.24, 2.45) is 0 Å². The van der Waals surface area contributed by atoms with Gasteiger partial charge in [0.05, 0.1) is 0 Å². The van der Waals surface area contributed by atoms with Crippen LogP contribution in [0.25, 0.3) is 0 Å². The van der Waals surface area contributed by atoms with E-state index in [1.54, 1.807) is 11.8 Å². The van der Waals surface area contributed by atoms with Crippen LogP contribution >= 0.6 is 11.8 Å². The molecule has 0 aromatic heterocycles. The van der Waals surface area contributed by atoms with Gasteiger partial charge in [-0.25, -0.2) is 0 Å². The third-order valence-corrected chi connectivity index (χ3v) is 3.89. The van der Waals surface area contributed by atoms with Crippen LogP contribution in [0.3, 0.4) is 0 Å². The summed E-state index contributed by atoms with van der Waals surface area (Å²) in [5.74, 6) is 0. The van der Waals surface area contributed by atoms with Crippen LogP contribution in [0, 0.1) is 6.92 Å². The van der Waals surface area contributed by atoms with Gasteiger partial charge in [-0.15, -0.1) is 11.8 Å². The van der Waals surface area contributed by atoms with E-state index in [-0.39, 0.29) is 0 Å². The third-order valence-electron chi connectivity index (χ3n) is 3.15. The molecule has 2 aromatic rings. The van der Waals surface area contributed by atoms with E-state index in [4.69, 9.17) is 0 Å². The Hall–Kier alpha value is -1.25. The van der Waals surface area contributed by atoms with Gasteiger partial charge in [0.25, 0.3) is 0 Å². The summed E-state index contributed by atoms with van der Waals surface area (Å²) >= 11 is 1.79. The van der Waals surface area contributed by atoms with Crippen molar-refractivity contribution in [3.63, 3.8) is 0 Å². The first-order valence-electron chi connectivity index (χ1n) is 6.54. The van der Waals surface area contributed by atoms with Crippen molar-refractivity contribution < 1.29 is 0 Å². The molecule has 0 fully saturated rings. The van der Waals surface area contributed by atoms with E-state index in [1.165, 1.54) is 21.6 Å². The van der Waals surface area contributed by atoms with Gasteiger partial charge in [0.1, 0.15) is 0 Å². The Labute approximate surface area is 120 Å². The average molecular weight is 271 g/mol. The highest BCUT2D eigenvalue weighted by atomic mass is 32.2. The number of nitrogens with zero attached hydrogens (tertiary/aromatic N) is 1. The van der Waals surface area contributed by atoms with Gasteiger partial charge in [0.15, 0.2) is 0 Å². The predicted molar refractivity (Wildman–Crippen MR) is 84.6 cm³/mol. The Kier molecular flexibility index (Phi) is 5.06. The quantitative estimate of drug-likeness (QED) is 0.744. The molecule has 100 valence electrons. The number of hydrogen-bond acceptors (Lipinski definition) is 2. The lowest BCUT2D eigenvalue weighted by Gasteiger charge is -2.17. The molecule has 2 heteroatoms. The van der Waals surface area contributed by atoms with Gasteiger partial charge >= 0.3 is 0 Å². The molecule has 0 saturated carbocycles. The second-order valence-corrected chi connectivity index (χ2v) is 5.89. The Morgan fingerprint density at radius 3 is 2.26 bits per heavy atom. The molecule has 0 unspecified atom stereocenters. The SMILES string of the molecule is CSc1ccc(CN(C)Cc2cccc(C)c2)cc1. The number of benzene rings is 2. The van der Waals surface area contributed by atoms with Gasteiger partial charge < -0.3 is 0 Å². The zero-order valence-electron chi connectivity index (χ0n) is 11.9. The summed E-state index contributed by atoms with van der Waals surface area (Å²) < 4.78 is 0. The molecule has 0 saturated heterocycles. The van der Waals surface area contributed by atoms with Crippen molar-refractivity contribution in [3.8, 4) is 0 Å². The molecule has 0 aliphatic carbocycles. The summed E-state index contributed by atoms with van der Waals surface area (Å²) in [6, 6.07) is 17.6. The molecule has 0 bridgehead atoms. The van der Waals surface area contributed by atoms with Crippen LogP contribution in [0.5, 0.6) is 0 Å². The first kappa shape index (κ1) is 14.2. The fourth-order valence-corrected chi connectivity index (χ4v) is 2.63. The van der Waals surface area contributed by atoms with Crippen LogP contribution in [0.4, 0.5) is 0 Å². The zero-order valence-corrected chi connectivity index (χ0v) is 12.7. The molecule has 0 aliphatic rings. The first-order valence-corrected chi connectivity index (χ1v) is 7.77. The van der Waals surface area contributed by atoms with Crippen LogP contribution in [0.15, 0.2) is 53.4 Å². The molecule has 0 N–H and O–H groups in total. The second kappa shape index (κ2) is 6.78. The normalized spacial score (nSPS) is 10.9. The Morgan fingerprint density at radius 1 is 0.947 bits per heavy atom. The highest BCUT2D eigenvalue weighted by Crippen LogP contribution is 2.16. The maximum atomic E-state index is 2.35. The summed E-state index contributed by atoms with van der Waals surface area (Å²) in [7, 11) is 2.17.